The third-order valence-electron chi connectivity index (χ3n) is 17.6. The van der Waals surface area contributed by atoms with Gasteiger partial charge in [-0.2, -0.15) is 0 Å². The normalized spacial score (nSPS) is 43.7. The van der Waals surface area contributed by atoms with Crippen LogP contribution in [0.5, 0.6) is 0 Å². The molecular formula is C45H74N2O5. The van der Waals surface area contributed by atoms with Gasteiger partial charge in [-0.05, 0) is 148 Å². The summed E-state index contributed by atoms with van der Waals surface area (Å²) in [6.07, 6.45) is 13.1. The number of allylic oxidation sites excluding steroid dienone is 1. The maximum absolute atomic E-state index is 14.4. The maximum Gasteiger partial charge on any atom is 0.306 e. The minimum atomic E-state index is -0.879. The van der Waals surface area contributed by atoms with Crippen LogP contribution in [0.25, 0.3) is 0 Å². The summed E-state index contributed by atoms with van der Waals surface area (Å²) >= 11 is 0. The zero-order valence-electron chi connectivity index (χ0n) is 34.7. The molecule has 1 aliphatic heterocycles. The molecule has 0 aromatic carbocycles. The van der Waals surface area contributed by atoms with E-state index in [-0.39, 0.29) is 52.0 Å². The smallest absolute Gasteiger partial charge is 0.306 e. The summed E-state index contributed by atoms with van der Waals surface area (Å²) in [6, 6.07) is 0.783. The number of aliphatic carboxylic acids is 1. The van der Waals surface area contributed by atoms with Crippen LogP contribution in [0, 0.1) is 62.1 Å². The quantitative estimate of drug-likeness (QED) is 0.172. The van der Waals surface area contributed by atoms with Gasteiger partial charge in [-0.25, -0.2) is 0 Å². The monoisotopic (exact) mass is 723 g/mol. The first kappa shape index (κ1) is 39.8. The van der Waals surface area contributed by atoms with Crippen molar-refractivity contribution in [3.63, 3.8) is 0 Å². The highest BCUT2D eigenvalue weighted by Crippen LogP contribution is 2.78. The van der Waals surface area contributed by atoms with Crippen molar-refractivity contribution in [2.45, 2.75) is 177 Å². The Bertz CT molecular complexity index is 1420. The minimum Gasteiger partial charge on any atom is -0.481 e. The topological polar surface area (TPSA) is 95.9 Å². The average molecular weight is 723 g/mol. The van der Waals surface area contributed by atoms with Gasteiger partial charge in [0.05, 0.1) is 12.8 Å². The number of hydrogen-bond donors (Lipinski definition) is 2. The number of likely N-dealkylation sites (N-methyl/N-ethyl adjacent to an activating group) is 1. The molecule has 12 atom stereocenters. The Labute approximate surface area is 316 Å². The molecule has 5 saturated carbocycles. The first-order valence-electron chi connectivity index (χ1n) is 21.2. The largest absolute Gasteiger partial charge is 0.481 e. The van der Waals surface area contributed by atoms with Gasteiger partial charge in [-0.15, -0.1) is 0 Å². The summed E-state index contributed by atoms with van der Waals surface area (Å²) in [6.45, 7) is 29.3. The first-order valence-corrected chi connectivity index (χ1v) is 21.2. The number of esters is 1. The lowest BCUT2D eigenvalue weighted by Crippen LogP contribution is -2.67. The van der Waals surface area contributed by atoms with E-state index in [0.29, 0.717) is 54.0 Å². The predicted octanol–water partition coefficient (Wildman–Crippen LogP) is 9.44. The summed E-state index contributed by atoms with van der Waals surface area (Å²) in [5, 5.41) is 12.9. The van der Waals surface area contributed by atoms with Gasteiger partial charge in [0.2, 0.25) is 5.91 Å². The van der Waals surface area contributed by atoms with E-state index in [2.05, 4.69) is 72.2 Å². The Morgan fingerprint density at radius 2 is 1.62 bits per heavy atom. The van der Waals surface area contributed by atoms with Crippen molar-refractivity contribution >= 4 is 17.8 Å². The molecule has 0 radical (unpaired) electrons. The number of carboxylic acid groups (broad SMARTS) is 1. The summed E-state index contributed by atoms with van der Waals surface area (Å²) in [7, 11) is 0. The molecule has 0 aromatic rings. The molecule has 1 amide bonds. The van der Waals surface area contributed by atoms with Crippen LogP contribution in [0.4, 0.5) is 0 Å². The van der Waals surface area contributed by atoms with Gasteiger partial charge in [-0.3, -0.25) is 14.4 Å². The minimum absolute atomic E-state index is 0.0447. The molecule has 52 heavy (non-hydrogen) atoms. The van der Waals surface area contributed by atoms with Crippen LogP contribution in [-0.2, 0) is 19.1 Å². The lowest BCUT2D eigenvalue weighted by atomic mass is 9.32. The molecular weight excluding hydrogens is 649 g/mol. The Morgan fingerprint density at radius 3 is 2.23 bits per heavy atom. The Balaban J connectivity index is 1.23. The molecule has 294 valence electrons. The van der Waals surface area contributed by atoms with Crippen LogP contribution < -0.4 is 5.32 Å². The molecule has 5 aliphatic carbocycles. The van der Waals surface area contributed by atoms with Gasteiger partial charge in [0.25, 0.3) is 0 Å². The third kappa shape index (κ3) is 6.41. The van der Waals surface area contributed by atoms with E-state index < -0.39 is 11.4 Å². The zero-order valence-corrected chi connectivity index (χ0v) is 34.7. The molecule has 0 spiro atoms. The number of rotatable bonds is 10. The van der Waals surface area contributed by atoms with Gasteiger partial charge < -0.3 is 20.1 Å². The van der Waals surface area contributed by atoms with Crippen LogP contribution in [0.15, 0.2) is 12.2 Å². The van der Waals surface area contributed by atoms with Crippen LogP contribution in [0.1, 0.15) is 159 Å². The molecule has 1 saturated heterocycles. The fourth-order valence-corrected chi connectivity index (χ4v) is 15.0. The molecule has 0 bridgehead atoms. The van der Waals surface area contributed by atoms with Crippen molar-refractivity contribution in [3.8, 4) is 0 Å². The number of hydrogen-bond acceptors (Lipinski definition) is 5. The fraction of sp³-hybridized carbons (Fsp3) is 0.889. The SMILES string of the molecule is C=C(C)[C@@H]1CC[C@]2(CC(=O)N(CC)C3CNC(C)C3)CC[C@]3(C)[C@H](CC[C@@H]4[C@@]5(C)CC[C@H](OC(=O)CC(C)(C)CC(=O)O)C(C)(C)[C@@H]5CC[C@]43C)[C@@H]12. The second-order valence-corrected chi connectivity index (χ2v) is 21.4. The maximum atomic E-state index is 14.4. The van der Waals surface area contributed by atoms with Crippen molar-refractivity contribution in [3.05, 3.63) is 12.2 Å². The zero-order chi connectivity index (χ0) is 38.2. The second kappa shape index (κ2) is 13.7. The lowest BCUT2D eigenvalue weighted by Gasteiger charge is -2.73. The van der Waals surface area contributed by atoms with E-state index >= 15 is 0 Å². The number of carboxylic acids is 1. The standard InChI is InChI=1S/C45H74N2O5/c1-12-47(30-23-29(4)46-27-30)36(48)24-45-20-15-31(28(2)3)39(45)32-13-14-34-42(9)18-17-35(52-38(51)26-40(5,6)25-37(49)50)41(7,8)33(42)16-19-44(34,11)43(32,10)21-22-45/h29-35,39,46H,2,12-27H2,1,3-11H3,(H,49,50)/t29?,30?,31-,32+,33-,34+,35-,39+,42-,43+,44+,45+/m0/s1. The number of ether oxygens (including phenoxy) is 1. The van der Waals surface area contributed by atoms with Crippen LogP contribution in [-0.4, -0.2) is 59.1 Å². The summed E-state index contributed by atoms with van der Waals surface area (Å²) in [5.41, 5.74) is 1.19. The second-order valence-electron chi connectivity index (χ2n) is 21.4. The molecule has 2 unspecified atom stereocenters. The van der Waals surface area contributed by atoms with Gasteiger partial charge >= 0.3 is 11.9 Å². The van der Waals surface area contributed by atoms with Crippen molar-refractivity contribution in [1.29, 1.82) is 0 Å². The van der Waals surface area contributed by atoms with Gasteiger partial charge in [0, 0.05) is 37.0 Å². The van der Waals surface area contributed by atoms with Crippen LogP contribution in [0.2, 0.25) is 0 Å². The van der Waals surface area contributed by atoms with E-state index in [9.17, 15) is 19.5 Å². The van der Waals surface area contributed by atoms with E-state index in [1.165, 1.54) is 37.7 Å². The number of carbonyl (C=O) groups is 3. The molecule has 2 N–H and O–H groups in total. The Morgan fingerprint density at radius 1 is 0.904 bits per heavy atom. The number of amides is 1. The third-order valence-corrected chi connectivity index (χ3v) is 17.6. The molecule has 6 rings (SSSR count). The van der Waals surface area contributed by atoms with E-state index in [0.717, 1.165) is 51.6 Å². The number of nitrogens with one attached hydrogen (secondary N) is 1. The highest BCUT2D eigenvalue weighted by atomic mass is 16.5. The lowest BCUT2D eigenvalue weighted by molar-refractivity contribution is -0.250. The number of carbonyl (C=O) groups excluding carboxylic acids is 2. The molecule has 7 nitrogen and oxygen atoms in total. The number of fused-ring (bicyclic) bond motifs is 7. The van der Waals surface area contributed by atoms with Crippen LogP contribution >= 0.6 is 0 Å². The number of nitrogens with zero attached hydrogens (tertiary/aromatic N) is 1. The van der Waals surface area contributed by atoms with E-state index in [1.54, 1.807) is 0 Å². The average Bonchev–Trinajstić information content (AvgIpc) is 3.62. The molecule has 7 heteroatoms. The van der Waals surface area contributed by atoms with Gasteiger partial charge in [0.15, 0.2) is 0 Å². The van der Waals surface area contributed by atoms with Gasteiger partial charge in [0.1, 0.15) is 6.10 Å². The highest BCUT2D eigenvalue weighted by Gasteiger charge is 2.71. The Kier molecular flexibility index (Phi) is 10.5. The Hall–Kier alpha value is -1.89. The molecule has 0 aromatic heterocycles. The fourth-order valence-electron chi connectivity index (χ4n) is 15.0. The van der Waals surface area contributed by atoms with Crippen molar-refractivity contribution in [2.24, 2.45) is 62.1 Å². The summed E-state index contributed by atoms with van der Waals surface area (Å²) in [4.78, 5) is 41.3. The van der Waals surface area contributed by atoms with Crippen molar-refractivity contribution in [2.75, 3.05) is 13.1 Å². The van der Waals surface area contributed by atoms with Crippen LogP contribution in [0.3, 0.4) is 0 Å². The predicted molar refractivity (Wildman–Crippen MR) is 207 cm³/mol. The van der Waals surface area contributed by atoms with Gasteiger partial charge in [-0.1, -0.05) is 60.6 Å². The molecule has 6 fully saturated rings. The first-order chi connectivity index (χ1) is 24.1. The molecule has 6 aliphatic rings. The van der Waals surface area contributed by atoms with E-state index in [4.69, 9.17) is 4.74 Å². The van der Waals surface area contributed by atoms with Crippen molar-refractivity contribution < 1.29 is 24.2 Å². The van der Waals surface area contributed by atoms with Crippen molar-refractivity contribution in [1.82, 2.24) is 10.2 Å². The highest BCUT2D eigenvalue weighted by molar-refractivity contribution is 5.77. The van der Waals surface area contributed by atoms with E-state index in [1.807, 2.05) is 13.8 Å². The summed E-state index contributed by atoms with van der Waals surface area (Å²) < 4.78 is 6.30. The molecule has 1 heterocycles. The summed E-state index contributed by atoms with van der Waals surface area (Å²) in [5.74, 6) is 1.93.